The fraction of sp³-hybridized carbons (Fsp3) is 0.250. The highest BCUT2D eigenvalue weighted by Gasteiger charge is 2.34. The van der Waals surface area contributed by atoms with Crippen LogP contribution in [-0.4, -0.2) is 36.9 Å². The molecule has 7 nitrogen and oxygen atoms in total. The molecule has 2 N–H and O–H groups in total. The molecular formula is C16H15N5O2. The lowest BCUT2D eigenvalue weighted by atomic mass is 9.80. The summed E-state index contributed by atoms with van der Waals surface area (Å²) in [5, 5.41) is 17.5. The molecular weight excluding hydrogens is 294 g/mol. The van der Waals surface area contributed by atoms with Gasteiger partial charge in [0.15, 0.2) is 5.65 Å². The topological polar surface area (TPSA) is 92.9 Å². The van der Waals surface area contributed by atoms with Gasteiger partial charge in [0.25, 0.3) is 0 Å². The van der Waals surface area contributed by atoms with Gasteiger partial charge in [-0.25, -0.2) is 14.6 Å². The minimum Gasteiger partial charge on any atom is -0.481 e. The minimum absolute atomic E-state index is 0.134. The fourth-order valence-electron chi connectivity index (χ4n) is 2.85. The van der Waals surface area contributed by atoms with E-state index >= 15 is 0 Å². The average Bonchev–Trinajstić information content (AvgIpc) is 2.95. The van der Waals surface area contributed by atoms with Gasteiger partial charge in [0, 0.05) is 6.04 Å². The van der Waals surface area contributed by atoms with Crippen LogP contribution in [-0.2, 0) is 4.79 Å². The van der Waals surface area contributed by atoms with Crippen LogP contribution in [0.1, 0.15) is 12.8 Å². The Morgan fingerprint density at radius 1 is 1.22 bits per heavy atom. The molecule has 0 saturated heterocycles. The highest BCUT2D eigenvalue weighted by atomic mass is 16.4. The quantitative estimate of drug-likeness (QED) is 0.766. The Kier molecular flexibility index (Phi) is 3.18. The van der Waals surface area contributed by atoms with E-state index in [0.29, 0.717) is 18.7 Å². The van der Waals surface area contributed by atoms with Gasteiger partial charge in [-0.1, -0.05) is 18.2 Å². The Hall–Kier alpha value is -2.96. The van der Waals surface area contributed by atoms with Crippen LogP contribution in [0.15, 0.2) is 42.9 Å². The number of anilines is 1. The number of nitrogens with zero attached hydrogens (tertiary/aromatic N) is 4. The van der Waals surface area contributed by atoms with Gasteiger partial charge in [0.05, 0.1) is 23.2 Å². The molecule has 0 bridgehead atoms. The fourth-order valence-corrected chi connectivity index (χ4v) is 2.85. The Bertz CT molecular complexity index is 855. The smallest absolute Gasteiger partial charge is 0.306 e. The molecule has 3 aromatic rings. The van der Waals surface area contributed by atoms with Crippen LogP contribution in [0.5, 0.6) is 0 Å². The van der Waals surface area contributed by atoms with E-state index in [1.165, 1.54) is 6.33 Å². The molecule has 1 aromatic carbocycles. The second-order valence-electron chi connectivity index (χ2n) is 5.70. The second-order valence-corrected chi connectivity index (χ2v) is 5.70. The Morgan fingerprint density at radius 3 is 2.74 bits per heavy atom. The number of carboxylic acid groups (broad SMARTS) is 1. The van der Waals surface area contributed by atoms with Crippen molar-refractivity contribution in [2.45, 2.75) is 18.9 Å². The zero-order chi connectivity index (χ0) is 15.8. The number of carboxylic acids is 1. The van der Waals surface area contributed by atoms with Crippen molar-refractivity contribution in [3.8, 4) is 5.69 Å². The van der Waals surface area contributed by atoms with Gasteiger partial charge in [-0.05, 0) is 25.0 Å². The molecule has 2 aromatic heterocycles. The third-order valence-corrected chi connectivity index (χ3v) is 4.19. The van der Waals surface area contributed by atoms with Crippen LogP contribution in [0.3, 0.4) is 0 Å². The first kappa shape index (κ1) is 13.7. The van der Waals surface area contributed by atoms with Gasteiger partial charge in [0.2, 0.25) is 0 Å². The number of aliphatic carboxylic acids is 1. The summed E-state index contributed by atoms with van der Waals surface area (Å²) in [6.45, 7) is 0. The van der Waals surface area contributed by atoms with E-state index in [-0.39, 0.29) is 12.0 Å². The number of fused-ring (bicyclic) bond motifs is 1. The predicted octanol–water partition coefficient (Wildman–Crippen LogP) is 2.09. The van der Waals surface area contributed by atoms with E-state index in [2.05, 4.69) is 20.4 Å². The number of rotatable bonds is 4. The molecule has 7 heteroatoms. The number of nitrogens with one attached hydrogen (secondary N) is 1. The van der Waals surface area contributed by atoms with Gasteiger partial charge in [0.1, 0.15) is 12.1 Å². The Balaban J connectivity index is 1.62. The molecule has 0 unspecified atom stereocenters. The molecule has 1 fully saturated rings. The SMILES string of the molecule is O=C(O)C1CC(Nc2ncnc3c2cnn3-c2ccccc2)C1. The van der Waals surface area contributed by atoms with E-state index in [1.807, 2.05) is 30.3 Å². The van der Waals surface area contributed by atoms with Crippen LogP contribution in [0.4, 0.5) is 5.82 Å². The molecule has 2 heterocycles. The first-order valence-electron chi connectivity index (χ1n) is 7.46. The lowest BCUT2D eigenvalue weighted by Gasteiger charge is -2.33. The molecule has 0 spiro atoms. The summed E-state index contributed by atoms with van der Waals surface area (Å²) in [6, 6.07) is 9.91. The molecule has 1 aliphatic carbocycles. The van der Waals surface area contributed by atoms with E-state index in [0.717, 1.165) is 16.7 Å². The van der Waals surface area contributed by atoms with E-state index < -0.39 is 5.97 Å². The molecule has 0 aliphatic heterocycles. The lowest BCUT2D eigenvalue weighted by Crippen LogP contribution is -2.39. The first-order valence-corrected chi connectivity index (χ1v) is 7.46. The summed E-state index contributed by atoms with van der Waals surface area (Å²) in [5.74, 6) is -0.282. The van der Waals surface area contributed by atoms with Gasteiger partial charge < -0.3 is 10.4 Å². The molecule has 0 atom stereocenters. The highest BCUT2D eigenvalue weighted by Crippen LogP contribution is 2.31. The molecule has 116 valence electrons. The molecule has 0 radical (unpaired) electrons. The van der Waals surface area contributed by atoms with E-state index in [9.17, 15) is 4.79 Å². The molecule has 0 amide bonds. The summed E-state index contributed by atoms with van der Waals surface area (Å²) in [6.07, 6.45) is 4.47. The van der Waals surface area contributed by atoms with Crippen molar-refractivity contribution in [3.63, 3.8) is 0 Å². The van der Waals surface area contributed by atoms with Crippen LogP contribution in [0.25, 0.3) is 16.7 Å². The number of aromatic nitrogens is 4. The van der Waals surface area contributed by atoms with Crippen LogP contribution < -0.4 is 5.32 Å². The van der Waals surface area contributed by atoms with Crippen molar-refractivity contribution in [3.05, 3.63) is 42.9 Å². The number of hydrogen-bond acceptors (Lipinski definition) is 5. The zero-order valence-corrected chi connectivity index (χ0v) is 12.3. The van der Waals surface area contributed by atoms with Gasteiger partial charge in [-0.3, -0.25) is 4.79 Å². The maximum atomic E-state index is 10.9. The molecule has 1 saturated carbocycles. The van der Waals surface area contributed by atoms with Crippen molar-refractivity contribution >= 4 is 22.8 Å². The molecule has 1 aliphatic rings. The third-order valence-electron chi connectivity index (χ3n) is 4.19. The highest BCUT2D eigenvalue weighted by molar-refractivity contribution is 5.87. The second kappa shape index (κ2) is 5.35. The van der Waals surface area contributed by atoms with Crippen LogP contribution in [0.2, 0.25) is 0 Å². The average molecular weight is 309 g/mol. The lowest BCUT2D eigenvalue weighted by molar-refractivity contribution is -0.144. The number of para-hydroxylation sites is 1. The van der Waals surface area contributed by atoms with Crippen molar-refractivity contribution in [1.82, 2.24) is 19.7 Å². The summed E-state index contributed by atoms with van der Waals surface area (Å²) in [5.41, 5.74) is 1.66. The van der Waals surface area contributed by atoms with Crippen molar-refractivity contribution in [1.29, 1.82) is 0 Å². The van der Waals surface area contributed by atoms with Crippen molar-refractivity contribution < 1.29 is 9.90 Å². The van der Waals surface area contributed by atoms with Crippen molar-refractivity contribution in [2.24, 2.45) is 5.92 Å². The Morgan fingerprint density at radius 2 is 2.00 bits per heavy atom. The van der Waals surface area contributed by atoms with Crippen LogP contribution >= 0.6 is 0 Å². The van der Waals surface area contributed by atoms with Gasteiger partial charge in [-0.2, -0.15) is 5.10 Å². The first-order chi connectivity index (χ1) is 11.2. The summed E-state index contributed by atoms with van der Waals surface area (Å²) >= 11 is 0. The summed E-state index contributed by atoms with van der Waals surface area (Å²) < 4.78 is 1.77. The third kappa shape index (κ3) is 2.40. The summed E-state index contributed by atoms with van der Waals surface area (Å²) in [4.78, 5) is 19.5. The van der Waals surface area contributed by atoms with E-state index in [1.54, 1.807) is 10.9 Å². The number of hydrogen-bond donors (Lipinski definition) is 2. The Labute approximate surface area is 132 Å². The maximum absolute atomic E-state index is 10.9. The van der Waals surface area contributed by atoms with Crippen molar-refractivity contribution in [2.75, 3.05) is 5.32 Å². The number of carbonyl (C=O) groups is 1. The van der Waals surface area contributed by atoms with Gasteiger partial charge >= 0.3 is 5.97 Å². The number of benzene rings is 1. The summed E-state index contributed by atoms with van der Waals surface area (Å²) in [7, 11) is 0. The molecule has 4 rings (SSSR count). The van der Waals surface area contributed by atoms with Crippen LogP contribution in [0, 0.1) is 5.92 Å². The largest absolute Gasteiger partial charge is 0.481 e. The monoisotopic (exact) mass is 309 g/mol. The van der Waals surface area contributed by atoms with Gasteiger partial charge in [-0.15, -0.1) is 0 Å². The maximum Gasteiger partial charge on any atom is 0.306 e. The standard InChI is InChI=1S/C16H15N5O2/c22-16(23)10-6-11(7-10)20-14-13-8-19-21(15(13)18-9-17-14)12-4-2-1-3-5-12/h1-5,8-11H,6-7H2,(H,22,23)(H,17,18,20). The van der Waals surface area contributed by atoms with E-state index in [4.69, 9.17) is 5.11 Å². The predicted molar refractivity (Wildman–Crippen MR) is 84.4 cm³/mol. The zero-order valence-electron chi connectivity index (χ0n) is 12.3. The molecule has 23 heavy (non-hydrogen) atoms. The minimum atomic E-state index is -0.729. The normalized spacial score (nSPS) is 20.2.